The average molecular weight is 375 g/mol. The van der Waals surface area contributed by atoms with E-state index >= 15 is 0 Å². The van der Waals surface area contributed by atoms with Gasteiger partial charge in [0.05, 0.1) is 0 Å². The van der Waals surface area contributed by atoms with Crippen LogP contribution in [0.25, 0.3) is 0 Å². The monoisotopic (exact) mass is 375 g/mol. The Morgan fingerprint density at radius 3 is 2.00 bits per heavy atom. The van der Waals surface area contributed by atoms with E-state index in [0.29, 0.717) is 0 Å². The third-order valence-corrected chi connectivity index (χ3v) is 3.64. The maximum absolute atomic E-state index is 9.40. The summed E-state index contributed by atoms with van der Waals surface area (Å²) < 4.78 is 3.90. The summed E-state index contributed by atoms with van der Waals surface area (Å²) in [5, 5.41) is 0. The summed E-state index contributed by atoms with van der Waals surface area (Å²) in [6, 6.07) is 0. The largest absolute Gasteiger partial charge is 0.339 e. The van der Waals surface area contributed by atoms with Crippen LogP contribution in [-0.2, 0) is 30.3 Å². The Hall–Kier alpha value is -1.09. The van der Waals surface area contributed by atoms with Crippen LogP contribution < -0.4 is 0 Å². The smallest absolute Gasteiger partial charge is 0.0156 e. The van der Waals surface area contributed by atoms with Crippen LogP contribution >= 0.6 is 0 Å². The van der Waals surface area contributed by atoms with E-state index in [1.54, 1.807) is 0 Å². The van der Waals surface area contributed by atoms with Gasteiger partial charge in [-0.2, -0.15) is 6.42 Å². The normalized spacial score (nSPS) is 12.1. The first-order valence-corrected chi connectivity index (χ1v) is 8.61. The van der Waals surface area contributed by atoms with Gasteiger partial charge in [-0.25, -0.2) is 0 Å². The van der Waals surface area contributed by atoms with Gasteiger partial charge in [-0.3, -0.25) is 0 Å². The average Bonchev–Trinajstić information content (AvgIpc) is 2.67. The van der Waals surface area contributed by atoms with Gasteiger partial charge in [0, 0.05) is 0 Å². The SMILES string of the molecule is O=[C]=[W](=[C]=O)=[C]=O.[CH2-]CC1=C(C)C=CC1. The van der Waals surface area contributed by atoms with Crippen LogP contribution in [0.4, 0.5) is 0 Å². The first-order valence-electron chi connectivity index (χ1n) is 4.21. The number of hydrogen-bond acceptors (Lipinski definition) is 3. The maximum atomic E-state index is 9.40. The van der Waals surface area contributed by atoms with Gasteiger partial charge in [0.2, 0.25) is 0 Å². The topological polar surface area (TPSA) is 51.2 Å². The molecule has 0 radical (unpaired) electrons. The quantitative estimate of drug-likeness (QED) is 0.650. The van der Waals surface area contributed by atoms with E-state index in [2.05, 4.69) is 26.0 Å². The van der Waals surface area contributed by atoms with Gasteiger partial charge in [0.1, 0.15) is 0 Å². The molecule has 0 atom stereocenters. The zero-order valence-corrected chi connectivity index (χ0v) is 11.3. The zero-order chi connectivity index (χ0) is 11.7. The van der Waals surface area contributed by atoms with Crippen molar-refractivity contribution >= 4 is 12.8 Å². The molecule has 0 aromatic rings. The molecule has 0 unspecified atom stereocenters. The first kappa shape index (κ1) is 13.9. The molecule has 0 spiro atoms. The molecule has 0 bridgehead atoms. The molecular weight excluding hydrogens is 364 g/mol. The van der Waals surface area contributed by atoms with Gasteiger partial charge >= 0.3 is 43.1 Å². The maximum Gasteiger partial charge on any atom is -0.0156 e. The minimum atomic E-state index is -3.05. The second-order valence-electron chi connectivity index (χ2n) is 2.70. The summed E-state index contributed by atoms with van der Waals surface area (Å²) >= 11 is -3.05. The van der Waals surface area contributed by atoms with Crippen molar-refractivity contribution in [1.82, 2.24) is 0 Å². The fourth-order valence-corrected chi connectivity index (χ4v) is 1.37. The predicted octanol–water partition coefficient (Wildman–Crippen LogP) is 1.29. The molecule has 3 nitrogen and oxygen atoms in total. The molecular formula is C11H11O3W-. The fourth-order valence-electron chi connectivity index (χ4n) is 1.01. The number of allylic oxidation sites excluding steroid dienone is 4. The summed E-state index contributed by atoms with van der Waals surface area (Å²) in [4.78, 5) is 28.2. The van der Waals surface area contributed by atoms with Crippen LogP contribution in [0.15, 0.2) is 23.3 Å². The van der Waals surface area contributed by atoms with Crippen molar-refractivity contribution in [3.05, 3.63) is 30.2 Å². The molecule has 4 heteroatoms. The van der Waals surface area contributed by atoms with Crippen molar-refractivity contribution in [1.29, 1.82) is 0 Å². The van der Waals surface area contributed by atoms with E-state index < -0.39 is 15.9 Å². The zero-order valence-electron chi connectivity index (χ0n) is 8.41. The van der Waals surface area contributed by atoms with Crippen LogP contribution in [0.5, 0.6) is 0 Å². The Labute approximate surface area is 93.2 Å². The second kappa shape index (κ2) is 8.24. The van der Waals surface area contributed by atoms with E-state index in [9.17, 15) is 14.4 Å². The van der Waals surface area contributed by atoms with Gasteiger partial charge in [-0.15, -0.1) is 0 Å². The Bertz CT molecular complexity index is 444. The molecule has 1 rings (SSSR count). The standard InChI is InChI=1S/C8H11.3CO.W/c1-3-8-6-4-5-7(8)2;3*1-2;/h4-5H,1,3,6H2,2H3;;;;/q-1;;;;. The first-order chi connectivity index (χ1) is 7.19. The van der Waals surface area contributed by atoms with Crippen LogP contribution in [0.2, 0.25) is 0 Å². The summed E-state index contributed by atoms with van der Waals surface area (Å²) in [5.74, 6) is 0. The predicted molar refractivity (Wildman–Crippen MR) is 53.5 cm³/mol. The van der Waals surface area contributed by atoms with Gasteiger partial charge in [-0.05, 0) is 13.3 Å². The van der Waals surface area contributed by atoms with Crippen LogP contribution in [0.3, 0.4) is 0 Å². The van der Waals surface area contributed by atoms with Gasteiger partial charge < -0.3 is 6.92 Å². The molecule has 0 aliphatic heterocycles. The van der Waals surface area contributed by atoms with E-state index in [4.69, 9.17) is 0 Å². The van der Waals surface area contributed by atoms with E-state index in [-0.39, 0.29) is 0 Å². The molecule has 80 valence electrons. The number of hydrogen-bond donors (Lipinski definition) is 0. The Balaban J connectivity index is 0.000000265. The molecule has 1 aliphatic rings. The summed E-state index contributed by atoms with van der Waals surface area (Å²) in [5.41, 5.74) is 2.91. The molecule has 15 heavy (non-hydrogen) atoms. The molecule has 0 saturated heterocycles. The van der Waals surface area contributed by atoms with E-state index in [0.717, 1.165) is 12.8 Å². The minimum Gasteiger partial charge on any atom is -0.339 e. The molecule has 0 aromatic carbocycles. The molecule has 0 heterocycles. The van der Waals surface area contributed by atoms with E-state index in [1.807, 2.05) is 0 Å². The van der Waals surface area contributed by atoms with Gasteiger partial charge in [0.25, 0.3) is 0 Å². The minimum absolute atomic E-state index is 0.971. The van der Waals surface area contributed by atoms with Crippen LogP contribution in [-0.4, -0.2) is 12.8 Å². The number of carbonyl (C=O) groups excluding carboxylic acids is 3. The van der Waals surface area contributed by atoms with Crippen molar-refractivity contribution in [2.75, 3.05) is 0 Å². The molecule has 1 aliphatic carbocycles. The third kappa shape index (κ3) is 5.37. The van der Waals surface area contributed by atoms with Crippen molar-refractivity contribution < 1.29 is 30.3 Å². The molecule has 0 amide bonds. The Kier molecular flexibility index (Phi) is 7.64. The second-order valence-corrected chi connectivity index (χ2v) is 6.70. The van der Waals surface area contributed by atoms with Crippen molar-refractivity contribution in [2.45, 2.75) is 19.8 Å². The fraction of sp³-hybridized carbons (Fsp3) is 0.273. The summed E-state index contributed by atoms with van der Waals surface area (Å²) in [7, 11) is 0. The Morgan fingerprint density at radius 2 is 1.87 bits per heavy atom. The van der Waals surface area contributed by atoms with Crippen LogP contribution in [0.1, 0.15) is 19.8 Å². The van der Waals surface area contributed by atoms with Crippen molar-refractivity contribution in [3.63, 3.8) is 0 Å². The van der Waals surface area contributed by atoms with E-state index in [1.165, 1.54) is 23.9 Å². The summed E-state index contributed by atoms with van der Waals surface area (Å²) in [6.45, 7) is 5.96. The number of rotatable bonds is 1. The summed E-state index contributed by atoms with van der Waals surface area (Å²) in [6.07, 6.45) is 6.46. The van der Waals surface area contributed by atoms with Gasteiger partial charge in [0.15, 0.2) is 0 Å². The molecule has 0 N–H and O–H groups in total. The van der Waals surface area contributed by atoms with Crippen molar-refractivity contribution in [2.24, 2.45) is 0 Å². The molecule has 0 fully saturated rings. The Morgan fingerprint density at radius 1 is 1.33 bits per heavy atom. The molecule has 0 saturated carbocycles. The van der Waals surface area contributed by atoms with Gasteiger partial charge in [-0.1, -0.05) is 23.3 Å². The third-order valence-electron chi connectivity index (χ3n) is 1.84. The van der Waals surface area contributed by atoms with Crippen molar-refractivity contribution in [3.8, 4) is 0 Å². The van der Waals surface area contributed by atoms with Crippen LogP contribution in [0, 0.1) is 6.92 Å². The molecule has 0 aromatic heterocycles.